The average molecular weight is 519 g/mol. The number of ether oxygens (including phenoxy) is 2. The fourth-order valence-electron chi connectivity index (χ4n) is 2.31. The molecule has 1 amide bonds. The summed E-state index contributed by atoms with van der Waals surface area (Å²) in [5.41, 5.74) is 8.16. The molecule has 0 aromatic heterocycles. The monoisotopic (exact) mass is 518 g/mol. The molecule has 0 aliphatic carbocycles. The predicted octanol–water partition coefficient (Wildman–Crippen LogP) is 4.04. The van der Waals surface area contributed by atoms with Gasteiger partial charge in [0, 0.05) is 18.2 Å². The van der Waals surface area contributed by atoms with Crippen LogP contribution in [0.1, 0.15) is 12.0 Å². The van der Waals surface area contributed by atoms with Crippen molar-refractivity contribution in [3.8, 4) is 11.5 Å². The topological polar surface area (TPSA) is 98.0 Å². The van der Waals surface area contributed by atoms with Crippen LogP contribution in [-0.4, -0.2) is 32.6 Å². The first kappa shape index (κ1) is 23.8. The zero-order valence-electron chi connectivity index (χ0n) is 15.9. The number of methoxy groups -OCH3 is 2. The van der Waals surface area contributed by atoms with E-state index in [1.165, 1.54) is 0 Å². The summed E-state index contributed by atoms with van der Waals surface area (Å²) in [6.45, 7) is 2.17. The molecule has 0 fully saturated rings. The van der Waals surface area contributed by atoms with Gasteiger partial charge in [-0.1, -0.05) is 17.7 Å². The van der Waals surface area contributed by atoms with Gasteiger partial charge in [-0.05, 0) is 36.8 Å². The normalized spacial score (nSPS) is 10.6. The van der Waals surface area contributed by atoms with Gasteiger partial charge in [0.05, 0.1) is 31.5 Å². The Morgan fingerprint density at radius 2 is 1.82 bits per heavy atom. The SMILES string of the molecule is COc1ccc(NC(N)=NCCC(=O)Nc2ccc(C)cc2Cl)cc1OC.I. The maximum Gasteiger partial charge on any atom is 0.226 e. The lowest BCUT2D eigenvalue weighted by Gasteiger charge is -2.11. The molecule has 0 bridgehead atoms. The lowest BCUT2D eigenvalue weighted by molar-refractivity contribution is -0.116. The highest BCUT2D eigenvalue weighted by Crippen LogP contribution is 2.29. The molecule has 2 aromatic carbocycles. The number of aryl methyl sites for hydroxylation is 1. The van der Waals surface area contributed by atoms with Gasteiger partial charge in [0.1, 0.15) is 0 Å². The number of hydrogen-bond donors (Lipinski definition) is 3. The summed E-state index contributed by atoms with van der Waals surface area (Å²) in [7, 11) is 3.12. The molecule has 0 aliphatic rings. The van der Waals surface area contributed by atoms with Crippen LogP contribution >= 0.6 is 35.6 Å². The molecule has 28 heavy (non-hydrogen) atoms. The summed E-state index contributed by atoms with van der Waals surface area (Å²) < 4.78 is 10.4. The molecule has 0 atom stereocenters. The van der Waals surface area contributed by atoms with Gasteiger partial charge in [-0.15, -0.1) is 24.0 Å². The molecule has 7 nitrogen and oxygen atoms in total. The summed E-state index contributed by atoms with van der Waals surface area (Å²) in [5.74, 6) is 1.20. The van der Waals surface area contributed by atoms with Crippen molar-refractivity contribution in [1.82, 2.24) is 0 Å². The lowest BCUT2D eigenvalue weighted by Crippen LogP contribution is -2.23. The van der Waals surface area contributed by atoms with Crippen molar-refractivity contribution in [1.29, 1.82) is 0 Å². The second-order valence-electron chi connectivity index (χ2n) is 5.74. The standard InChI is InChI=1S/C19H23ClN4O3.HI/c1-12-4-6-15(14(20)10-12)24-18(25)8-9-22-19(21)23-13-5-7-16(26-2)17(11-13)27-3;/h4-7,10-11H,8-9H2,1-3H3,(H,24,25)(H3,21,22,23);1H. The zero-order valence-corrected chi connectivity index (χ0v) is 19.0. The summed E-state index contributed by atoms with van der Waals surface area (Å²) in [6.07, 6.45) is 0.179. The third kappa shape index (κ3) is 7.08. The molecule has 0 saturated heterocycles. The minimum Gasteiger partial charge on any atom is -0.493 e. The van der Waals surface area contributed by atoms with Crippen molar-refractivity contribution in [2.24, 2.45) is 10.7 Å². The fraction of sp³-hybridized carbons (Fsp3) is 0.263. The molecule has 152 valence electrons. The fourth-order valence-corrected chi connectivity index (χ4v) is 2.60. The highest BCUT2D eigenvalue weighted by molar-refractivity contribution is 14.0. The highest BCUT2D eigenvalue weighted by Gasteiger charge is 2.07. The van der Waals surface area contributed by atoms with E-state index in [4.69, 9.17) is 26.8 Å². The summed E-state index contributed by atoms with van der Waals surface area (Å²) in [4.78, 5) is 16.2. The van der Waals surface area contributed by atoms with E-state index in [0.29, 0.717) is 27.9 Å². The number of carbonyl (C=O) groups is 1. The third-order valence-electron chi connectivity index (χ3n) is 3.68. The molecule has 4 N–H and O–H groups in total. The number of nitrogens with two attached hydrogens (primary N) is 1. The minimum absolute atomic E-state index is 0. The lowest BCUT2D eigenvalue weighted by atomic mass is 10.2. The van der Waals surface area contributed by atoms with Gasteiger partial charge in [-0.3, -0.25) is 9.79 Å². The number of halogens is 2. The maximum absolute atomic E-state index is 12.0. The van der Waals surface area contributed by atoms with E-state index in [1.807, 2.05) is 13.0 Å². The molecule has 2 aromatic rings. The molecule has 0 radical (unpaired) electrons. The Labute approximate surface area is 186 Å². The van der Waals surface area contributed by atoms with E-state index in [1.54, 1.807) is 44.6 Å². The van der Waals surface area contributed by atoms with Gasteiger partial charge in [-0.2, -0.15) is 0 Å². The Kier molecular flexibility index (Phi) is 9.88. The third-order valence-corrected chi connectivity index (χ3v) is 3.99. The molecular formula is C19H24ClIN4O3. The van der Waals surface area contributed by atoms with Gasteiger partial charge in [-0.25, -0.2) is 0 Å². The van der Waals surface area contributed by atoms with Gasteiger partial charge >= 0.3 is 0 Å². The average Bonchev–Trinajstić information content (AvgIpc) is 2.64. The molecule has 9 heteroatoms. The number of nitrogens with zero attached hydrogens (tertiary/aromatic N) is 1. The molecule has 0 heterocycles. The molecule has 2 rings (SSSR count). The van der Waals surface area contributed by atoms with Crippen molar-refractivity contribution >= 4 is 58.8 Å². The van der Waals surface area contributed by atoms with Gasteiger partial charge < -0.3 is 25.8 Å². The second kappa shape index (κ2) is 11.6. The molecule has 0 unspecified atom stereocenters. The van der Waals surface area contributed by atoms with Crippen LogP contribution in [0.5, 0.6) is 11.5 Å². The Hall–Kier alpha value is -2.20. The van der Waals surface area contributed by atoms with Crippen molar-refractivity contribution < 1.29 is 14.3 Å². The summed E-state index contributed by atoms with van der Waals surface area (Å²) >= 11 is 6.10. The van der Waals surface area contributed by atoms with Crippen LogP contribution in [0.3, 0.4) is 0 Å². The number of hydrogen-bond acceptors (Lipinski definition) is 4. The number of amides is 1. The van der Waals surface area contributed by atoms with Crippen LogP contribution in [0.15, 0.2) is 41.4 Å². The van der Waals surface area contributed by atoms with E-state index in [0.717, 1.165) is 5.56 Å². The first-order chi connectivity index (χ1) is 12.9. The van der Waals surface area contributed by atoms with Crippen molar-refractivity contribution in [2.75, 3.05) is 31.4 Å². The van der Waals surface area contributed by atoms with Crippen LogP contribution in [0.4, 0.5) is 11.4 Å². The number of anilines is 2. The van der Waals surface area contributed by atoms with Crippen molar-refractivity contribution in [3.63, 3.8) is 0 Å². The van der Waals surface area contributed by atoms with E-state index in [9.17, 15) is 4.79 Å². The second-order valence-corrected chi connectivity index (χ2v) is 6.15. The Morgan fingerprint density at radius 3 is 2.46 bits per heavy atom. The van der Waals surface area contributed by atoms with E-state index < -0.39 is 0 Å². The van der Waals surface area contributed by atoms with Crippen molar-refractivity contribution in [3.05, 3.63) is 47.0 Å². The smallest absolute Gasteiger partial charge is 0.226 e. The largest absolute Gasteiger partial charge is 0.493 e. The number of benzene rings is 2. The number of guanidine groups is 1. The van der Waals surface area contributed by atoms with E-state index >= 15 is 0 Å². The quantitative estimate of drug-likeness (QED) is 0.292. The van der Waals surface area contributed by atoms with Gasteiger partial charge in [0.25, 0.3) is 0 Å². The first-order valence-corrected chi connectivity index (χ1v) is 8.65. The Morgan fingerprint density at radius 1 is 1.11 bits per heavy atom. The summed E-state index contributed by atoms with van der Waals surface area (Å²) in [6, 6.07) is 10.7. The Bertz CT molecular complexity index is 846. The van der Waals surface area contributed by atoms with Crippen LogP contribution in [-0.2, 0) is 4.79 Å². The number of aliphatic imine (C=N–C) groups is 1. The van der Waals surface area contributed by atoms with E-state index in [2.05, 4.69) is 15.6 Å². The molecule has 0 aliphatic heterocycles. The van der Waals surface area contributed by atoms with Crippen molar-refractivity contribution in [2.45, 2.75) is 13.3 Å². The minimum atomic E-state index is -0.191. The van der Waals surface area contributed by atoms with Crippen LogP contribution in [0, 0.1) is 6.92 Å². The van der Waals surface area contributed by atoms with Crippen LogP contribution in [0.25, 0.3) is 0 Å². The molecular weight excluding hydrogens is 495 g/mol. The molecule has 0 spiro atoms. The van der Waals surface area contributed by atoms with Gasteiger partial charge in [0.15, 0.2) is 17.5 Å². The summed E-state index contributed by atoms with van der Waals surface area (Å²) in [5, 5.41) is 6.20. The Balaban J connectivity index is 0.00000392. The first-order valence-electron chi connectivity index (χ1n) is 8.28. The van der Waals surface area contributed by atoms with Crippen LogP contribution < -0.4 is 25.8 Å². The number of rotatable bonds is 7. The number of nitrogens with one attached hydrogen (secondary N) is 2. The van der Waals surface area contributed by atoms with Gasteiger partial charge in [0.2, 0.25) is 5.91 Å². The van der Waals surface area contributed by atoms with Crippen LogP contribution in [0.2, 0.25) is 5.02 Å². The van der Waals surface area contributed by atoms with E-state index in [-0.39, 0.29) is 48.8 Å². The maximum atomic E-state index is 12.0. The zero-order chi connectivity index (χ0) is 19.8. The predicted molar refractivity (Wildman–Crippen MR) is 125 cm³/mol. The highest BCUT2D eigenvalue weighted by atomic mass is 127. The number of carbonyl (C=O) groups excluding carboxylic acids is 1. The molecule has 0 saturated carbocycles.